The molecule has 0 rings (SSSR count). The van der Waals surface area contributed by atoms with E-state index in [2.05, 4.69) is 86.8 Å². The lowest BCUT2D eigenvalue weighted by molar-refractivity contribution is -0.870. The van der Waals surface area contributed by atoms with E-state index in [1.165, 1.54) is 38.5 Å². The van der Waals surface area contributed by atoms with Gasteiger partial charge in [-0.15, -0.1) is 0 Å². The average Bonchev–Trinajstić information content (AvgIpc) is 3.16. The topological polar surface area (TPSA) is 108 Å². The number of allylic oxidation sites excluding steroid dienone is 12. The molecule has 9 nitrogen and oxygen atoms in total. The van der Waals surface area contributed by atoms with Crippen LogP contribution in [0.15, 0.2) is 72.9 Å². The summed E-state index contributed by atoms with van der Waals surface area (Å²) in [6, 6.07) is 0. The Morgan fingerprint density at radius 3 is 1.47 bits per heavy atom. The SMILES string of the molecule is CCCC/C=C/C/C=C/CCCCCCCC(=O)O[C@@H](COC(=O)CCCCC/C=C/C/C=C/C/C=C/C/C=C/CCCCC)COP(=O)(O)OCC[N+](C)(C)C. The number of carbonyl (C=O) groups excluding carboxylic acids is 2. The Kier molecular flexibility index (Phi) is 37.2. The van der Waals surface area contributed by atoms with E-state index in [-0.39, 0.29) is 26.1 Å². The molecule has 0 spiro atoms. The van der Waals surface area contributed by atoms with Crippen LogP contribution in [0.3, 0.4) is 0 Å². The molecule has 0 saturated carbocycles. The molecule has 0 aromatic heterocycles. The number of carbonyl (C=O) groups is 2. The van der Waals surface area contributed by atoms with Crippen molar-refractivity contribution in [3.05, 3.63) is 72.9 Å². The Bertz CT molecular complexity index is 1200. The summed E-state index contributed by atoms with van der Waals surface area (Å²) in [4.78, 5) is 35.4. The van der Waals surface area contributed by atoms with Crippen molar-refractivity contribution in [1.29, 1.82) is 0 Å². The van der Waals surface area contributed by atoms with Gasteiger partial charge in [-0.05, 0) is 83.5 Å². The van der Waals surface area contributed by atoms with E-state index in [0.29, 0.717) is 23.9 Å². The van der Waals surface area contributed by atoms with Crippen LogP contribution in [0.2, 0.25) is 0 Å². The maximum Gasteiger partial charge on any atom is 0.472 e. The molecule has 0 aromatic rings. The Labute approximate surface area is 348 Å². The molecule has 1 unspecified atom stereocenters. The van der Waals surface area contributed by atoms with E-state index in [1.807, 2.05) is 21.1 Å². The lowest BCUT2D eigenvalue weighted by Crippen LogP contribution is -2.37. The molecule has 2 atom stereocenters. The quantitative estimate of drug-likeness (QED) is 0.0215. The summed E-state index contributed by atoms with van der Waals surface area (Å²) in [7, 11) is 1.44. The van der Waals surface area contributed by atoms with Crippen molar-refractivity contribution in [3.8, 4) is 0 Å². The molecule has 0 fully saturated rings. The molecule has 0 aliphatic carbocycles. The molecule has 1 N–H and O–H groups in total. The number of phosphoric acid groups is 1. The number of hydrogen-bond acceptors (Lipinski definition) is 7. The van der Waals surface area contributed by atoms with Gasteiger partial charge in [-0.2, -0.15) is 0 Å². The van der Waals surface area contributed by atoms with Crippen LogP contribution in [0.4, 0.5) is 0 Å². The predicted octanol–water partition coefficient (Wildman–Crippen LogP) is 12.6. The van der Waals surface area contributed by atoms with Crippen molar-refractivity contribution in [2.75, 3.05) is 47.5 Å². The molecular formula is C47H83NO8P+. The van der Waals surface area contributed by atoms with Crippen LogP contribution >= 0.6 is 7.82 Å². The van der Waals surface area contributed by atoms with Crippen molar-refractivity contribution in [1.82, 2.24) is 0 Å². The first-order valence-corrected chi connectivity index (χ1v) is 23.7. The van der Waals surface area contributed by atoms with E-state index >= 15 is 0 Å². The number of phosphoric ester groups is 1. The summed E-state index contributed by atoms with van der Waals surface area (Å²) >= 11 is 0. The molecule has 0 radical (unpaired) electrons. The third kappa shape index (κ3) is 42.9. The number of quaternary nitrogens is 1. The minimum atomic E-state index is -4.39. The zero-order valence-electron chi connectivity index (χ0n) is 36.8. The van der Waals surface area contributed by atoms with Crippen LogP contribution < -0.4 is 0 Å². The minimum Gasteiger partial charge on any atom is -0.462 e. The molecule has 0 aliphatic heterocycles. The normalized spacial score (nSPS) is 14.3. The molecule has 0 amide bonds. The zero-order chi connectivity index (χ0) is 42.1. The van der Waals surface area contributed by atoms with E-state index in [0.717, 1.165) is 83.5 Å². The maximum atomic E-state index is 12.7. The Balaban J connectivity index is 4.45. The first-order valence-electron chi connectivity index (χ1n) is 22.2. The van der Waals surface area contributed by atoms with Gasteiger partial charge in [0.2, 0.25) is 0 Å². The molecular weight excluding hydrogens is 737 g/mol. The van der Waals surface area contributed by atoms with Crippen molar-refractivity contribution < 1.29 is 42.1 Å². The van der Waals surface area contributed by atoms with Crippen molar-refractivity contribution in [2.45, 2.75) is 168 Å². The zero-order valence-corrected chi connectivity index (χ0v) is 37.7. The van der Waals surface area contributed by atoms with E-state index in [1.54, 1.807) is 0 Å². The minimum absolute atomic E-state index is 0.0197. The molecule has 328 valence electrons. The van der Waals surface area contributed by atoms with Gasteiger partial charge in [-0.1, -0.05) is 138 Å². The van der Waals surface area contributed by atoms with Crippen LogP contribution in [0.5, 0.6) is 0 Å². The highest BCUT2D eigenvalue weighted by Crippen LogP contribution is 2.43. The Morgan fingerprint density at radius 1 is 0.544 bits per heavy atom. The number of likely N-dealkylation sites (N-methyl/N-ethyl adjacent to an activating group) is 1. The van der Waals surface area contributed by atoms with Crippen LogP contribution in [0.25, 0.3) is 0 Å². The summed E-state index contributed by atoms with van der Waals surface area (Å²) in [6.45, 7) is 4.28. The summed E-state index contributed by atoms with van der Waals surface area (Å²) in [5, 5.41) is 0. The first kappa shape index (κ1) is 54.5. The number of nitrogens with zero attached hydrogens (tertiary/aromatic N) is 1. The van der Waals surface area contributed by atoms with Crippen LogP contribution in [0.1, 0.15) is 162 Å². The van der Waals surface area contributed by atoms with Gasteiger partial charge in [0.05, 0.1) is 27.7 Å². The van der Waals surface area contributed by atoms with E-state index < -0.39 is 32.5 Å². The number of rotatable bonds is 39. The van der Waals surface area contributed by atoms with Crippen molar-refractivity contribution in [3.63, 3.8) is 0 Å². The highest BCUT2D eigenvalue weighted by Gasteiger charge is 2.27. The largest absolute Gasteiger partial charge is 0.472 e. The van der Waals surface area contributed by atoms with Gasteiger partial charge in [0.1, 0.15) is 19.8 Å². The molecule has 0 aliphatic rings. The smallest absolute Gasteiger partial charge is 0.462 e. The number of hydrogen-bond donors (Lipinski definition) is 1. The van der Waals surface area contributed by atoms with E-state index in [9.17, 15) is 19.0 Å². The second-order valence-corrected chi connectivity index (χ2v) is 17.2. The molecule has 57 heavy (non-hydrogen) atoms. The standard InChI is InChI=1S/C47H82NO8P/c1-6-8-10-12-14-16-18-20-22-23-24-25-26-28-29-31-33-35-37-39-46(49)53-43-45(44-55-57(51,52)54-42-41-48(3,4)5)56-47(50)40-38-36-34-32-30-27-21-19-17-15-13-11-9-7-2/h13-16,19-22,24-25,28-29,45H,6-12,17-18,23,26-27,30-44H2,1-5H3/p+1/b15-13+,16-14+,21-19+,22-20+,25-24+,29-28+/t45-/m0/s1. The lowest BCUT2D eigenvalue weighted by Gasteiger charge is -2.24. The van der Waals surface area contributed by atoms with Gasteiger partial charge in [-0.25, -0.2) is 4.57 Å². The fourth-order valence-corrected chi connectivity index (χ4v) is 6.17. The third-order valence-corrected chi connectivity index (χ3v) is 9.94. The number of esters is 2. The first-order chi connectivity index (χ1) is 27.5. The van der Waals surface area contributed by atoms with Gasteiger partial charge in [0.25, 0.3) is 0 Å². The second kappa shape index (κ2) is 38.9. The summed E-state index contributed by atoms with van der Waals surface area (Å²) < 4.78 is 34.2. The van der Waals surface area contributed by atoms with Gasteiger partial charge in [-0.3, -0.25) is 18.6 Å². The Morgan fingerprint density at radius 2 is 0.965 bits per heavy atom. The lowest BCUT2D eigenvalue weighted by atomic mass is 10.1. The van der Waals surface area contributed by atoms with Crippen molar-refractivity contribution in [2.24, 2.45) is 0 Å². The average molecular weight is 821 g/mol. The highest BCUT2D eigenvalue weighted by molar-refractivity contribution is 7.47. The molecule has 0 saturated heterocycles. The van der Waals surface area contributed by atoms with Crippen LogP contribution in [-0.2, 0) is 32.7 Å². The molecule has 0 heterocycles. The van der Waals surface area contributed by atoms with Crippen LogP contribution in [0, 0.1) is 0 Å². The fourth-order valence-electron chi connectivity index (χ4n) is 5.42. The summed E-state index contributed by atoms with van der Waals surface area (Å²) in [5.41, 5.74) is 0. The third-order valence-electron chi connectivity index (χ3n) is 8.96. The van der Waals surface area contributed by atoms with Gasteiger partial charge >= 0.3 is 19.8 Å². The monoisotopic (exact) mass is 821 g/mol. The highest BCUT2D eigenvalue weighted by atomic mass is 31.2. The molecule has 0 aromatic carbocycles. The molecule has 0 bridgehead atoms. The number of unbranched alkanes of at least 4 members (excludes halogenated alkanes) is 13. The van der Waals surface area contributed by atoms with Crippen LogP contribution in [-0.4, -0.2) is 74.9 Å². The van der Waals surface area contributed by atoms with Gasteiger partial charge < -0.3 is 18.9 Å². The fraction of sp³-hybridized carbons (Fsp3) is 0.702. The van der Waals surface area contributed by atoms with Gasteiger partial charge in [0.15, 0.2) is 6.10 Å². The Hall–Kier alpha value is -2.55. The summed E-state index contributed by atoms with van der Waals surface area (Å²) in [6.07, 6.45) is 48.0. The number of ether oxygens (including phenoxy) is 2. The van der Waals surface area contributed by atoms with E-state index in [4.69, 9.17) is 18.5 Å². The summed E-state index contributed by atoms with van der Waals surface area (Å²) in [5.74, 6) is -0.858. The molecule has 10 heteroatoms. The van der Waals surface area contributed by atoms with Crippen molar-refractivity contribution >= 4 is 19.8 Å². The maximum absolute atomic E-state index is 12.7. The van der Waals surface area contributed by atoms with Gasteiger partial charge in [0, 0.05) is 12.8 Å². The predicted molar refractivity (Wildman–Crippen MR) is 238 cm³/mol. The second-order valence-electron chi connectivity index (χ2n) is 15.7.